The maximum Gasteiger partial charge on any atom is 0.178 e. The highest BCUT2D eigenvalue weighted by atomic mass is 79.9. The van der Waals surface area contributed by atoms with Crippen molar-refractivity contribution in [3.63, 3.8) is 0 Å². The Morgan fingerprint density at radius 2 is 1.84 bits per heavy atom. The van der Waals surface area contributed by atoms with Gasteiger partial charge in [0.2, 0.25) is 0 Å². The van der Waals surface area contributed by atoms with E-state index in [0.29, 0.717) is 4.48 Å². The number of carbonyl (C=O) groups is 1. The van der Waals surface area contributed by atoms with Crippen LogP contribution in [0.3, 0.4) is 0 Å². The van der Waals surface area contributed by atoms with Crippen LogP contribution in [-0.2, 0) is 4.79 Å². The number of carbonyl (C=O) groups excluding carboxylic acids is 1. The average molecular weight is 318 g/mol. The first-order valence-corrected chi connectivity index (χ1v) is 6.73. The van der Waals surface area contributed by atoms with E-state index in [0.717, 1.165) is 5.56 Å². The first-order valence-electron chi connectivity index (χ1n) is 5.93. The maximum atomic E-state index is 12.0. The number of ketones is 1. The van der Waals surface area contributed by atoms with Gasteiger partial charge in [-0.05, 0) is 17.7 Å². The van der Waals surface area contributed by atoms with E-state index in [1.54, 1.807) is 26.8 Å². The van der Waals surface area contributed by atoms with Crippen molar-refractivity contribution in [2.75, 3.05) is 0 Å². The van der Waals surface area contributed by atoms with E-state index in [2.05, 4.69) is 15.9 Å². The highest BCUT2D eigenvalue weighted by molar-refractivity contribution is 9.12. The van der Waals surface area contributed by atoms with Crippen molar-refractivity contribution in [1.82, 2.24) is 0 Å². The van der Waals surface area contributed by atoms with Gasteiger partial charge in [-0.1, -0.05) is 67.0 Å². The fourth-order valence-corrected chi connectivity index (χ4v) is 1.93. The molecule has 0 aliphatic heterocycles. The zero-order valence-corrected chi connectivity index (χ0v) is 12.9. The summed E-state index contributed by atoms with van der Waals surface area (Å²) in [6.07, 6.45) is 3.44. The summed E-state index contributed by atoms with van der Waals surface area (Å²) in [5.41, 5.74) is 0.611. The Hall–Kier alpha value is -1.66. The van der Waals surface area contributed by atoms with E-state index >= 15 is 0 Å². The van der Waals surface area contributed by atoms with Crippen LogP contribution in [0.25, 0.3) is 6.08 Å². The van der Waals surface area contributed by atoms with Gasteiger partial charge in [-0.25, -0.2) is 0 Å². The molecule has 0 spiro atoms. The minimum atomic E-state index is -0.554. The topological polar surface area (TPSA) is 40.9 Å². The molecule has 0 aliphatic rings. The minimum absolute atomic E-state index is 0.159. The van der Waals surface area contributed by atoms with Gasteiger partial charge < -0.3 is 0 Å². The quantitative estimate of drug-likeness (QED) is 0.468. The summed E-state index contributed by atoms with van der Waals surface area (Å²) in [4.78, 5) is 12.0. The Kier molecular flexibility index (Phi) is 5.26. The van der Waals surface area contributed by atoms with Gasteiger partial charge in [-0.3, -0.25) is 4.79 Å². The maximum absolute atomic E-state index is 12.0. The predicted octanol–water partition coefficient (Wildman–Crippen LogP) is 4.49. The number of allylic oxidation sites excluding steroid dienone is 3. The number of hydrogen-bond donors (Lipinski definition) is 0. The number of benzene rings is 1. The first kappa shape index (κ1) is 15.4. The van der Waals surface area contributed by atoms with E-state index in [-0.39, 0.29) is 11.4 Å². The van der Waals surface area contributed by atoms with Crippen LogP contribution in [0, 0.1) is 16.7 Å². The molecule has 98 valence electrons. The molecule has 1 aromatic rings. The van der Waals surface area contributed by atoms with Gasteiger partial charge in [0.15, 0.2) is 5.78 Å². The predicted molar refractivity (Wildman–Crippen MR) is 81.5 cm³/mol. The van der Waals surface area contributed by atoms with E-state index < -0.39 is 5.41 Å². The molecule has 0 heterocycles. The molecule has 2 nitrogen and oxygen atoms in total. The number of halogens is 1. The molecule has 0 fully saturated rings. The molecule has 0 N–H and O–H groups in total. The second kappa shape index (κ2) is 6.49. The van der Waals surface area contributed by atoms with E-state index in [1.165, 1.54) is 0 Å². The van der Waals surface area contributed by atoms with Crippen molar-refractivity contribution in [2.24, 2.45) is 5.41 Å². The number of nitriles is 1. The van der Waals surface area contributed by atoms with Crippen molar-refractivity contribution in [1.29, 1.82) is 5.26 Å². The number of nitrogens with zero attached hydrogens (tertiary/aromatic N) is 1. The van der Waals surface area contributed by atoms with Crippen LogP contribution in [-0.4, -0.2) is 5.78 Å². The third kappa shape index (κ3) is 4.84. The number of rotatable bonds is 3. The summed E-state index contributed by atoms with van der Waals surface area (Å²) in [5.74, 6) is -0.159. The van der Waals surface area contributed by atoms with Crippen LogP contribution in [0.5, 0.6) is 0 Å². The molecule has 0 aromatic heterocycles. The van der Waals surface area contributed by atoms with Crippen LogP contribution < -0.4 is 0 Å². The van der Waals surface area contributed by atoms with Crippen molar-refractivity contribution >= 4 is 27.8 Å². The van der Waals surface area contributed by atoms with E-state index in [4.69, 9.17) is 5.26 Å². The zero-order valence-electron chi connectivity index (χ0n) is 11.3. The van der Waals surface area contributed by atoms with Gasteiger partial charge >= 0.3 is 0 Å². The standard InChI is InChI=1S/C16H16BrNO/c1-16(2,3)15(19)13(11-18)10-14(17)9-12-7-5-4-6-8-12/h4-10H,1-3H3/b13-10+,14-9-. The second-order valence-electron chi connectivity index (χ2n) is 5.19. The van der Waals surface area contributed by atoms with Crippen LogP contribution in [0.2, 0.25) is 0 Å². The molecule has 0 aliphatic carbocycles. The molecule has 0 bridgehead atoms. The normalized spacial score (nSPS) is 13.0. The summed E-state index contributed by atoms with van der Waals surface area (Å²) in [7, 11) is 0. The molecule has 0 saturated carbocycles. The molecule has 1 aromatic carbocycles. The lowest BCUT2D eigenvalue weighted by atomic mass is 9.86. The van der Waals surface area contributed by atoms with Gasteiger partial charge in [-0.15, -0.1) is 0 Å². The Labute approximate surface area is 122 Å². The summed E-state index contributed by atoms with van der Waals surface area (Å²) in [5, 5.41) is 9.09. The van der Waals surface area contributed by atoms with Gasteiger partial charge in [0, 0.05) is 9.90 Å². The summed E-state index contributed by atoms with van der Waals surface area (Å²) >= 11 is 3.37. The molecule has 3 heteroatoms. The lowest BCUT2D eigenvalue weighted by Gasteiger charge is -2.15. The second-order valence-corrected chi connectivity index (χ2v) is 6.10. The third-order valence-electron chi connectivity index (χ3n) is 2.43. The smallest absolute Gasteiger partial charge is 0.178 e. The van der Waals surface area contributed by atoms with Crippen LogP contribution in [0.15, 0.2) is 46.5 Å². The molecule has 0 radical (unpaired) electrons. The summed E-state index contributed by atoms with van der Waals surface area (Å²) in [6.45, 7) is 5.40. The van der Waals surface area contributed by atoms with Crippen LogP contribution in [0.4, 0.5) is 0 Å². The molecule has 0 amide bonds. The van der Waals surface area contributed by atoms with Crippen molar-refractivity contribution in [3.05, 3.63) is 52.0 Å². The molecular weight excluding hydrogens is 302 g/mol. The van der Waals surface area contributed by atoms with E-state index in [9.17, 15) is 4.79 Å². The lowest BCUT2D eigenvalue weighted by molar-refractivity contribution is -0.122. The molecule has 0 unspecified atom stereocenters. The molecular formula is C16H16BrNO. The van der Waals surface area contributed by atoms with Crippen molar-refractivity contribution in [2.45, 2.75) is 20.8 Å². The Balaban J connectivity index is 3.03. The molecule has 19 heavy (non-hydrogen) atoms. The highest BCUT2D eigenvalue weighted by Crippen LogP contribution is 2.22. The zero-order chi connectivity index (χ0) is 14.5. The van der Waals surface area contributed by atoms with Crippen molar-refractivity contribution in [3.8, 4) is 6.07 Å². The van der Waals surface area contributed by atoms with Crippen LogP contribution in [0.1, 0.15) is 26.3 Å². The fraction of sp³-hybridized carbons (Fsp3) is 0.250. The summed E-state index contributed by atoms with van der Waals surface area (Å²) < 4.78 is 0.702. The largest absolute Gasteiger partial charge is 0.293 e. The molecule has 1 rings (SSSR count). The third-order valence-corrected chi connectivity index (χ3v) is 2.89. The van der Waals surface area contributed by atoms with Gasteiger partial charge in [0.25, 0.3) is 0 Å². The molecule has 0 atom stereocenters. The minimum Gasteiger partial charge on any atom is -0.293 e. The Bertz CT molecular complexity index is 557. The monoisotopic (exact) mass is 317 g/mol. The molecule has 0 saturated heterocycles. The van der Waals surface area contributed by atoms with Gasteiger partial charge in [0.1, 0.15) is 6.07 Å². The Morgan fingerprint density at radius 1 is 1.26 bits per heavy atom. The number of Topliss-reactive ketones (excluding diaryl/α,β-unsaturated/α-hetero) is 1. The summed E-state index contributed by atoms with van der Waals surface area (Å²) in [6, 6.07) is 11.7. The fourth-order valence-electron chi connectivity index (χ4n) is 1.44. The van der Waals surface area contributed by atoms with Gasteiger partial charge in [0.05, 0.1) is 5.57 Å². The van der Waals surface area contributed by atoms with Crippen molar-refractivity contribution < 1.29 is 4.79 Å². The number of hydrogen-bond acceptors (Lipinski definition) is 2. The first-order chi connectivity index (χ1) is 8.84. The van der Waals surface area contributed by atoms with Gasteiger partial charge in [-0.2, -0.15) is 5.26 Å². The SMILES string of the molecule is CC(C)(C)C(=O)/C(C#N)=C/C(Br)=C/c1ccccc1. The van der Waals surface area contributed by atoms with Crippen LogP contribution >= 0.6 is 15.9 Å². The lowest BCUT2D eigenvalue weighted by Crippen LogP contribution is -2.21. The Morgan fingerprint density at radius 3 is 2.32 bits per heavy atom. The van der Waals surface area contributed by atoms with E-state index in [1.807, 2.05) is 42.5 Å². The highest BCUT2D eigenvalue weighted by Gasteiger charge is 2.24. The average Bonchev–Trinajstić information content (AvgIpc) is 2.35.